The Morgan fingerprint density at radius 3 is 1.38 bits per heavy atom. The van der Waals surface area contributed by atoms with Crippen LogP contribution in [0.3, 0.4) is 0 Å². The van der Waals surface area contributed by atoms with Gasteiger partial charge in [-0.15, -0.1) is 0 Å². The van der Waals surface area contributed by atoms with Crippen molar-refractivity contribution in [3.05, 3.63) is 0 Å². The van der Waals surface area contributed by atoms with Gasteiger partial charge in [-0.05, 0) is 64.7 Å². The smallest absolute Gasteiger partial charge is 0.450 e. The molecular formula is C23H42N4O5. The molecule has 2 amide bonds. The second-order valence-electron chi connectivity index (χ2n) is 9.51. The van der Waals surface area contributed by atoms with Crippen LogP contribution in [0.2, 0.25) is 0 Å². The summed E-state index contributed by atoms with van der Waals surface area (Å²) in [5, 5.41) is 20.3. The molecule has 2 aliphatic carbocycles. The number of amides is 2. The van der Waals surface area contributed by atoms with Crippen LogP contribution in [-0.4, -0.2) is 90.3 Å². The summed E-state index contributed by atoms with van der Waals surface area (Å²) in [6, 6.07) is 1.15. The molecule has 4 aliphatic rings. The number of nitrogens with one attached hydrogen (secondary N) is 2. The van der Waals surface area contributed by atoms with Crippen LogP contribution in [0.5, 0.6) is 0 Å². The van der Waals surface area contributed by atoms with Gasteiger partial charge in [0.25, 0.3) is 0 Å². The van der Waals surface area contributed by atoms with Crippen LogP contribution in [0.25, 0.3) is 0 Å². The van der Waals surface area contributed by atoms with Crippen molar-refractivity contribution >= 4 is 18.0 Å². The van der Waals surface area contributed by atoms with E-state index in [4.69, 9.17) is 15.0 Å². The monoisotopic (exact) mass is 454 g/mol. The zero-order valence-electron chi connectivity index (χ0n) is 19.7. The first kappa shape index (κ1) is 26.4. The summed E-state index contributed by atoms with van der Waals surface area (Å²) in [7, 11) is 3.92. The number of carbonyl (C=O) groups is 3. The van der Waals surface area contributed by atoms with Crippen molar-refractivity contribution in [1.82, 2.24) is 20.4 Å². The number of likely N-dealkylation sites (tertiary alicyclic amines) is 2. The Hall–Kier alpha value is -1.87. The van der Waals surface area contributed by atoms with Gasteiger partial charge in [0.05, 0.1) is 0 Å². The third-order valence-corrected chi connectivity index (χ3v) is 6.99. The minimum absolute atomic E-state index is 0.386. The van der Waals surface area contributed by atoms with Gasteiger partial charge >= 0.3 is 6.16 Å². The van der Waals surface area contributed by atoms with Gasteiger partial charge in [-0.25, -0.2) is 4.79 Å². The lowest BCUT2D eigenvalue weighted by Crippen LogP contribution is -2.35. The lowest BCUT2D eigenvalue weighted by molar-refractivity contribution is -0.130. The van der Waals surface area contributed by atoms with Crippen LogP contribution in [0.15, 0.2) is 0 Å². The Morgan fingerprint density at radius 2 is 1.09 bits per heavy atom. The van der Waals surface area contributed by atoms with E-state index < -0.39 is 6.16 Å². The van der Waals surface area contributed by atoms with Crippen LogP contribution in [0, 0.1) is 11.8 Å². The highest BCUT2D eigenvalue weighted by Crippen LogP contribution is 2.30. The lowest BCUT2D eigenvalue weighted by atomic mass is 10.1. The molecule has 0 aromatic heterocycles. The van der Waals surface area contributed by atoms with Crippen molar-refractivity contribution in [3.63, 3.8) is 0 Å². The van der Waals surface area contributed by atoms with Crippen LogP contribution >= 0.6 is 0 Å². The molecule has 0 aromatic rings. The van der Waals surface area contributed by atoms with Gasteiger partial charge in [-0.1, -0.05) is 25.7 Å². The standard InChI is InChI=1S/2C11H20N2O.CH2O3/c2*1-12-7-9-6-11(14)13(8-9)10-4-2-3-5-10;2-1(3)4/h2*9-10,12H,2-8H2,1H3;(H2,2,3,4). The van der Waals surface area contributed by atoms with Crippen molar-refractivity contribution in [1.29, 1.82) is 0 Å². The summed E-state index contributed by atoms with van der Waals surface area (Å²) in [6.45, 7) is 3.94. The molecule has 0 radical (unpaired) electrons. The van der Waals surface area contributed by atoms with E-state index in [1.54, 1.807) is 0 Å². The number of rotatable bonds is 6. The molecule has 2 heterocycles. The minimum atomic E-state index is -1.83. The summed E-state index contributed by atoms with van der Waals surface area (Å²) in [5.41, 5.74) is 0. The fraction of sp³-hybridized carbons (Fsp3) is 0.870. The Labute approximate surface area is 191 Å². The number of carboxylic acid groups (broad SMARTS) is 2. The molecule has 2 saturated carbocycles. The fourth-order valence-corrected chi connectivity index (χ4v) is 5.61. The topological polar surface area (TPSA) is 122 Å². The zero-order chi connectivity index (χ0) is 23.5. The average molecular weight is 455 g/mol. The first-order valence-electron chi connectivity index (χ1n) is 12.2. The van der Waals surface area contributed by atoms with Crippen molar-refractivity contribution in [3.8, 4) is 0 Å². The molecular weight excluding hydrogens is 412 g/mol. The molecule has 0 bridgehead atoms. The minimum Gasteiger partial charge on any atom is -0.450 e. The van der Waals surface area contributed by atoms with Gasteiger partial charge < -0.3 is 30.6 Å². The lowest BCUT2D eigenvalue weighted by Gasteiger charge is -2.24. The van der Waals surface area contributed by atoms with Gasteiger partial charge in [0, 0.05) is 38.0 Å². The summed E-state index contributed by atoms with van der Waals surface area (Å²) in [6.07, 6.45) is 9.87. The van der Waals surface area contributed by atoms with Crippen LogP contribution in [0.4, 0.5) is 4.79 Å². The molecule has 2 saturated heterocycles. The maximum absolute atomic E-state index is 11.7. The summed E-state index contributed by atoms with van der Waals surface area (Å²) >= 11 is 0. The van der Waals surface area contributed by atoms with E-state index >= 15 is 0 Å². The van der Waals surface area contributed by atoms with E-state index in [2.05, 4.69) is 20.4 Å². The van der Waals surface area contributed by atoms with Crippen LogP contribution in [-0.2, 0) is 9.59 Å². The maximum Gasteiger partial charge on any atom is 0.503 e. The van der Waals surface area contributed by atoms with Crippen molar-refractivity contribution in [2.45, 2.75) is 76.3 Å². The number of hydrogen-bond donors (Lipinski definition) is 4. The Bertz CT molecular complexity index is 555. The third kappa shape index (κ3) is 8.24. The predicted molar refractivity (Wildman–Crippen MR) is 123 cm³/mol. The largest absolute Gasteiger partial charge is 0.503 e. The summed E-state index contributed by atoms with van der Waals surface area (Å²) in [4.78, 5) is 36.3. The molecule has 4 rings (SSSR count). The van der Waals surface area contributed by atoms with Crippen molar-refractivity contribution < 1.29 is 24.6 Å². The second kappa shape index (κ2) is 13.6. The Morgan fingerprint density at radius 1 is 0.781 bits per heavy atom. The van der Waals surface area contributed by atoms with Gasteiger partial charge in [0.2, 0.25) is 11.8 Å². The SMILES string of the molecule is CNCC1CC(=O)N(C2CCCC2)C1.CNCC1CC(=O)N(C2CCCC2)C1.O=C(O)O. The molecule has 0 spiro atoms. The van der Waals surface area contributed by atoms with E-state index in [-0.39, 0.29) is 0 Å². The fourth-order valence-electron chi connectivity index (χ4n) is 5.61. The second-order valence-corrected chi connectivity index (χ2v) is 9.51. The molecule has 32 heavy (non-hydrogen) atoms. The number of carbonyl (C=O) groups excluding carboxylic acids is 2. The maximum atomic E-state index is 11.7. The van der Waals surface area contributed by atoms with Gasteiger partial charge in [-0.2, -0.15) is 0 Å². The highest BCUT2D eigenvalue weighted by Gasteiger charge is 2.35. The normalized spacial score (nSPS) is 26.2. The predicted octanol–water partition coefficient (Wildman–Crippen LogP) is 2.22. The first-order valence-corrected chi connectivity index (χ1v) is 12.2. The van der Waals surface area contributed by atoms with Gasteiger partial charge in [0.1, 0.15) is 0 Å². The van der Waals surface area contributed by atoms with Crippen LogP contribution < -0.4 is 10.6 Å². The Kier molecular flexibility index (Phi) is 11.2. The Balaban J connectivity index is 0.000000195. The molecule has 4 N–H and O–H groups in total. The molecule has 2 atom stereocenters. The summed E-state index contributed by atoms with van der Waals surface area (Å²) < 4.78 is 0. The molecule has 2 unspecified atom stereocenters. The zero-order valence-corrected chi connectivity index (χ0v) is 19.7. The van der Waals surface area contributed by atoms with Gasteiger partial charge in [-0.3, -0.25) is 9.59 Å². The van der Waals surface area contributed by atoms with Crippen molar-refractivity contribution in [2.24, 2.45) is 11.8 Å². The average Bonchev–Trinajstić information content (AvgIpc) is 3.50. The van der Waals surface area contributed by atoms with E-state index in [0.29, 0.717) is 35.7 Å². The first-order chi connectivity index (χ1) is 15.3. The molecule has 9 heteroatoms. The van der Waals surface area contributed by atoms with Crippen LogP contribution in [0.1, 0.15) is 64.2 Å². The quantitative estimate of drug-likeness (QED) is 0.485. The number of hydrogen-bond acceptors (Lipinski definition) is 5. The molecule has 184 valence electrons. The molecule has 0 aromatic carbocycles. The van der Waals surface area contributed by atoms with E-state index in [1.807, 2.05) is 14.1 Å². The van der Waals surface area contributed by atoms with E-state index in [9.17, 15) is 9.59 Å². The molecule has 2 aliphatic heterocycles. The third-order valence-electron chi connectivity index (χ3n) is 6.99. The highest BCUT2D eigenvalue weighted by molar-refractivity contribution is 5.79. The number of nitrogens with zero attached hydrogens (tertiary/aromatic N) is 2. The van der Waals surface area contributed by atoms with Gasteiger partial charge in [0.15, 0.2) is 0 Å². The van der Waals surface area contributed by atoms with E-state index in [0.717, 1.165) is 39.0 Å². The molecule has 9 nitrogen and oxygen atoms in total. The highest BCUT2D eigenvalue weighted by atomic mass is 16.6. The molecule has 4 fully saturated rings. The van der Waals surface area contributed by atoms with Crippen molar-refractivity contribution in [2.75, 3.05) is 40.3 Å². The van der Waals surface area contributed by atoms with E-state index in [1.165, 1.54) is 51.4 Å². The summed E-state index contributed by atoms with van der Waals surface area (Å²) in [5.74, 6) is 1.87.